The quantitative estimate of drug-likeness (QED) is 0.562. The van der Waals surface area contributed by atoms with Crippen LogP contribution in [0.5, 0.6) is 0 Å². The summed E-state index contributed by atoms with van der Waals surface area (Å²) in [5, 5.41) is 22.7. The van der Waals surface area contributed by atoms with Gasteiger partial charge in [-0.25, -0.2) is 0 Å². The van der Waals surface area contributed by atoms with E-state index in [1.165, 1.54) is 6.26 Å². The van der Waals surface area contributed by atoms with Crippen molar-refractivity contribution in [1.82, 2.24) is 5.06 Å². The molecule has 0 bridgehead atoms. The van der Waals surface area contributed by atoms with E-state index in [-0.39, 0.29) is 0 Å². The summed E-state index contributed by atoms with van der Waals surface area (Å²) in [5.74, 6) is 0.499. The molecule has 0 radical (unpaired) electrons. The van der Waals surface area contributed by atoms with Crippen LogP contribution in [-0.2, 0) is 0 Å². The minimum Gasteiger partial charge on any atom is -0.622 e. The average Bonchev–Trinajstić information content (AvgIpc) is 2.72. The van der Waals surface area contributed by atoms with Crippen LogP contribution in [0.25, 0.3) is 0 Å². The molecule has 0 aromatic carbocycles. The van der Waals surface area contributed by atoms with Gasteiger partial charge in [0.05, 0.1) is 6.26 Å². The molecule has 0 saturated heterocycles. The highest BCUT2D eigenvalue weighted by molar-refractivity contribution is 6.01. The summed E-state index contributed by atoms with van der Waals surface area (Å²) in [7, 11) is 0. The Balaban J connectivity index is 2.54. The molecule has 2 rings (SSSR count). The van der Waals surface area contributed by atoms with E-state index in [1.807, 2.05) is 0 Å². The Labute approximate surface area is 87.8 Å². The first kappa shape index (κ1) is 10.2. The van der Waals surface area contributed by atoms with E-state index in [0.717, 1.165) is 9.80 Å². The van der Waals surface area contributed by atoms with Crippen LogP contribution in [0.3, 0.4) is 0 Å². The molecule has 5 heteroatoms. The van der Waals surface area contributed by atoms with Crippen LogP contribution in [0.15, 0.2) is 22.8 Å². The molecule has 1 aliphatic rings. The van der Waals surface area contributed by atoms with Crippen LogP contribution in [-0.4, -0.2) is 32.4 Å². The number of furan rings is 1. The van der Waals surface area contributed by atoms with Crippen LogP contribution in [0, 0.1) is 5.21 Å². The minimum atomic E-state index is -0.737. The zero-order valence-corrected chi connectivity index (χ0v) is 8.97. The van der Waals surface area contributed by atoms with E-state index >= 15 is 0 Å². The third-order valence-corrected chi connectivity index (χ3v) is 2.82. The molecular weight excluding hydrogens is 196 g/mol. The summed E-state index contributed by atoms with van der Waals surface area (Å²) >= 11 is 0. The van der Waals surface area contributed by atoms with Gasteiger partial charge >= 0.3 is 0 Å². The molecule has 0 fully saturated rings. The maximum Gasteiger partial charge on any atom is 0.254 e. The fourth-order valence-corrected chi connectivity index (χ4v) is 1.95. The van der Waals surface area contributed by atoms with Gasteiger partial charge < -0.3 is 14.8 Å². The Morgan fingerprint density at radius 3 is 2.67 bits per heavy atom. The normalized spacial score (nSPS) is 26.3. The standard InChI is InChI=1S/C10H14N2O3/c1-7-11(13)9(8-5-4-6-15-8)10(2,3)12(7)14/h4-7,14H,1-3H3. The van der Waals surface area contributed by atoms with E-state index in [4.69, 9.17) is 4.42 Å². The van der Waals surface area contributed by atoms with Gasteiger partial charge in [0, 0.05) is 6.92 Å². The summed E-state index contributed by atoms with van der Waals surface area (Å²) in [6.45, 7) is 5.20. The molecule has 1 N–H and O–H groups in total. The molecule has 0 spiro atoms. The van der Waals surface area contributed by atoms with Crippen molar-refractivity contribution in [3.05, 3.63) is 29.4 Å². The van der Waals surface area contributed by atoms with Crippen molar-refractivity contribution < 1.29 is 14.4 Å². The van der Waals surface area contributed by atoms with Crippen LogP contribution < -0.4 is 0 Å². The zero-order chi connectivity index (χ0) is 11.2. The number of hydrogen-bond acceptors (Lipinski definition) is 4. The number of hydrogen-bond donors (Lipinski definition) is 1. The fourth-order valence-electron chi connectivity index (χ4n) is 1.95. The van der Waals surface area contributed by atoms with E-state index in [9.17, 15) is 10.4 Å². The highest BCUT2D eigenvalue weighted by atomic mass is 16.5. The van der Waals surface area contributed by atoms with Gasteiger partial charge in [-0.3, -0.25) is 0 Å². The van der Waals surface area contributed by atoms with Gasteiger partial charge in [-0.2, -0.15) is 4.74 Å². The van der Waals surface area contributed by atoms with Crippen molar-refractivity contribution >= 4 is 5.71 Å². The predicted molar refractivity (Wildman–Crippen MR) is 53.6 cm³/mol. The highest BCUT2D eigenvalue weighted by Gasteiger charge is 2.51. The largest absolute Gasteiger partial charge is 0.622 e. The second kappa shape index (κ2) is 3.08. The second-order valence-electron chi connectivity index (χ2n) is 4.19. The summed E-state index contributed by atoms with van der Waals surface area (Å²) in [6, 6.07) is 3.44. The van der Waals surface area contributed by atoms with Gasteiger partial charge in [0.25, 0.3) is 5.71 Å². The Morgan fingerprint density at radius 2 is 2.27 bits per heavy atom. The smallest absolute Gasteiger partial charge is 0.254 e. The van der Waals surface area contributed by atoms with Gasteiger partial charge in [-0.05, 0) is 26.0 Å². The van der Waals surface area contributed by atoms with Crippen molar-refractivity contribution in [3.8, 4) is 0 Å². The Hall–Kier alpha value is -1.33. The summed E-state index contributed by atoms with van der Waals surface area (Å²) < 4.78 is 5.98. The average molecular weight is 210 g/mol. The topological polar surface area (TPSA) is 62.7 Å². The molecule has 0 saturated carbocycles. The van der Waals surface area contributed by atoms with Gasteiger partial charge in [0.15, 0.2) is 5.76 Å². The van der Waals surface area contributed by atoms with Crippen molar-refractivity contribution in [3.63, 3.8) is 0 Å². The van der Waals surface area contributed by atoms with Crippen molar-refractivity contribution in [2.24, 2.45) is 0 Å². The molecule has 0 amide bonds. The summed E-state index contributed by atoms with van der Waals surface area (Å²) in [5.41, 5.74) is -0.290. The lowest BCUT2D eigenvalue weighted by atomic mass is 9.97. The first-order valence-electron chi connectivity index (χ1n) is 4.82. The molecule has 15 heavy (non-hydrogen) atoms. The molecular formula is C10H14N2O3. The maximum absolute atomic E-state index is 11.8. The molecule has 1 aromatic rings. The lowest BCUT2D eigenvalue weighted by Gasteiger charge is -2.23. The summed E-state index contributed by atoms with van der Waals surface area (Å²) in [6.07, 6.45) is 0.914. The monoisotopic (exact) mass is 210 g/mol. The van der Waals surface area contributed by atoms with Crippen LogP contribution in [0.2, 0.25) is 0 Å². The van der Waals surface area contributed by atoms with E-state index in [1.54, 1.807) is 32.9 Å². The van der Waals surface area contributed by atoms with Crippen LogP contribution >= 0.6 is 0 Å². The predicted octanol–water partition coefficient (Wildman–Crippen LogP) is 1.41. The van der Waals surface area contributed by atoms with Gasteiger partial charge in [0.1, 0.15) is 5.54 Å². The molecule has 0 aliphatic carbocycles. The highest BCUT2D eigenvalue weighted by Crippen LogP contribution is 2.28. The van der Waals surface area contributed by atoms with E-state index in [0.29, 0.717) is 11.5 Å². The van der Waals surface area contributed by atoms with Gasteiger partial charge in [-0.1, -0.05) is 0 Å². The van der Waals surface area contributed by atoms with Crippen LogP contribution in [0.4, 0.5) is 0 Å². The van der Waals surface area contributed by atoms with Gasteiger partial charge in [0.2, 0.25) is 6.17 Å². The third-order valence-electron chi connectivity index (χ3n) is 2.82. The molecule has 1 aromatic heterocycles. The van der Waals surface area contributed by atoms with Crippen molar-refractivity contribution in [2.75, 3.05) is 0 Å². The van der Waals surface area contributed by atoms with E-state index < -0.39 is 11.7 Å². The van der Waals surface area contributed by atoms with Crippen molar-refractivity contribution in [1.29, 1.82) is 0 Å². The van der Waals surface area contributed by atoms with E-state index in [2.05, 4.69) is 0 Å². The molecule has 1 aliphatic heterocycles. The molecule has 2 heterocycles. The second-order valence-corrected chi connectivity index (χ2v) is 4.19. The lowest BCUT2D eigenvalue weighted by Crippen LogP contribution is -2.45. The first-order valence-corrected chi connectivity index (χ1v) is 4.82. The lowest BCUT2D eigenvalue weighted by molar-refractivity contribution is -0.532. The number of nitrogens with zero attached hydrogens (tertiary/aromatic N) is 2. The minimum absolute atomic E-state index is 0.447. The summed E-state index contributed by atoms with van der Waals surface area (Å²) in [4.78, 5) is 0. The SMILES string of the molecule is CC1N(O)C(C)(C)C(c2ccco2)=[N+]1[O-]. The van der Waals surface area contributed by atoms with Gasteiger partial charge in [-0.15, -0.1) is 5.06 Å². The Morgan fingerprint density at radius 1 is 1.60 bits per heavy atom. The molecule has 1 unspecified atom stereocenters. The Bertz CT molecular complexity index is 395. The number of rotatable bonds is 1. The zero-order valence-electron chi connectivity index (χ0n) is 8.97. The Kier molecular flexibility index (Phi) is 2.09. The molecule has 5 nitrogen and oxygen atoms in total. The maximum atomic E-state index is 11.8. The first-order chi connectivity index (χ1) is 6.96. The fraction of sp³-hybridized carbons (Fsp3) is 0.500. The molecule has 1 atom stereocenters. The number of hydroxylamine groups is 3. The van der Waals surface area contributed by atoms with Crippen LogP contribution in [0.1, 0.15) is 26.5 Å². The molecule has 82 valence electrons. The van der Waals surface area contributed by atoms with Crippen molar-refractivity contribution in [2.45, 2.75) is 32.5 Å². The third kappa shape index (κ3) is 1.27.